The molecule has 3 atom stereocenters. The molecule has 166 valence electrons. The fourth-order valence-electron chi connectivity index (χ4n) is 4.91. The summed E-state index contributed by atoms with van der Waals surface area (Å²) in [5, 5.41) is 10.2. The Morgan fingerprint density at radius 1 is 1.29 bits per heavy atom. The summed E-state index contributed by atoms with van der Waals surface area (Å²) in [5.41, 5.74) is 1.88. The van der Waals surface area contributed by atoms with Crippen LogP contribution < -0.4 is 0 Å². The highest BCUT2D eigenvalue weighted by molar-refractivity contribution is 6.30. The Hall–Kier alpha value is -2.40. The summed E-state index contributed by atoms with van der Waals surface area (Å²) >= 11 is 6.33. The molecule has 2 heterocycles. The topological polar surface area (TPSA) is 70.5 Å². The molecule has 1 N–H and O–H groups in total. The molecule has 1 aromatic carbocycles. The van der Waals surface area contributed by atoms with Gasteiger partial charge in [0.05, 0.1) is 23.6 Å². The highest BCUT2D eigenvalue weighted by Gasteiger charge is 2.52. The van der Waals surface area contributed by atoms with Crippen molar-refractivity contribution in [2.24, 2.45) is 5.41 Å². The van der Waals surface area contributed by atoms with Crippen LogP contribution in [-0.2, 0) is 9.59 Å². The average molecular weight is 443 g/mol. The number of carboxylic acid groups (broad SMARTS) is 1. The Labute approximate surface area is 189 Å². The molecule has 1 aliphatic heterocycles. The van der Waals surface area contributed by atoms with Crippen molar-refractivity contribution in [2.75, 3.05) is 0 Å². The SMILES string of the molecule is CCC(CC)N1C(=O)[C@](C)(CC(=O)O)C[C@H](c2cccc(Cl)c2)[C@H]1c1ccc(C)cn1. The van der Waals surface area contributed by atoms with Crippen molar-refractivity contribution >= 4 is 23.5 Å². The van der Waals surface area contributed by atoms with Gasteiger partial charge >= 0.3 is 5.97 Å². The highest BCUT2D eigenvalue weighted by Crippen LogP contribution is 2.51. The number of nitrogens with zero attached hydrogens (tertiary/aromatic N) is 2. The van der Waals surface area contributed by atoms with Crippen molar-refractivity contribution in [3.8, 4) is 0 Å². The molecule has 3 rings (SSSR count). The summed E-state index contributed by atoms with van der Waals surface area (Å²) < 4.78 is 0. The van der Waals surface area contributed by atoms with Crippen molar-refractivity contribution < 1.29 is 14.7 Å². The van der Waals surface area contributed by atoms with Gasteiger partial charge in [-0.2, -0.15) is 0 Å². The fourth-order valence-corrected chi connectivity index (χ4v) is 5.11. The lowest BCUT2D eigenvalue weighted by atomic mass is 9.67. The molecule has 0 aliphatic carbocycles. The van der Waals surface area contributed by atoms with Gasteiger partial charge in [-0.3, -0.25) is 14.6 Å². The lowest BCUT2D eigenvalue weighted by molar-refractivity contribution is -0.160. The van der Waals surface area contributed by atoms with Crippen LogP contribution in [0.25, 0.3) is 0 Å². The standard InChI is InChI=1S/C25H31ClN2O3/c1-5-19(6-2)28-23(21-11-10-16(3)15-27-21)20(17-8-7-9-18(26)12-17)13-25(4,24(28)31)14-22(29)30/h7-12,15,19-20,23H,5-6,13-14H2,1-4H3,(H,29,30)/t20-,23+,25+/m1/s1. The molecule has 2 aromatic rings. The number of carbonyl (C=O) groups excluding carboxylic acids is 1. The van der Waals surface area contributed by atoms with E-state index in [0.717, 1.165) is 29.7 Å². The zero-order valence-corrected chi connectivity index (χ0v) is 19.4. The van der Waals surface area contributed by atoms with E-state index in [0.29, 0.717) is 11.4 Å². The monoisotopic (exact) mass is 442 g/mol. The molecular formula is C25H31ClN2O3. The Bertz CT molecular complexity index is 942. The molecule has 1 aliphatic rings. The van der Waals surface area contributed by atoms with Gasteiger partial charge < -0.3 is 10.0 Å². The molecule has 0 radical (unpaired) electrons. The molecule has 31 heavy (non-hydrogen) atoms. The van der Waals surface area contributed by atoms with Crippen molar-refractivity contribution in [1.82, 2.24) is 9.88 Å². The Balaban J connectivity index is 2.22. The summed E-state index contributed by atoms with van der Waals surface area (Å²) in [7, 11) is 0. The number of aromatic nitrogens is 1. The maximum atomic E-state index is 13.8. The van der Waals surface area contributed by atoms with E-state index in [1.54, 1.807) is 6.92 Å². The molecule has 1 amide bonds. The molecule has 5 nitrogen and oxygen atoms in total. The van der Waals surface area contributed by atoms with Gasteiger partial charge in [0.15, 0.2) is 0 Å². The number of carboxylic acids is 1. The minimum Gasteiger partial charge on any atom is -0.481 e. The zero-order valence-electron chi connectivity index (χ0n) is 18.6. The van der Waals surface area contributed by atoms with E-state index in [9.17, 15) is 14.7 Å². The van der Waals surface area contributed by atoms with Gasteiger partial charge in [0, 0.05) is 23.2 Å². The van der Waals surface area contributed by atoms with Crippen molar-refractivity contribution in [2.45, 2.75) is 71.4 Å². The maximum Gasteiger partial charge on any atom is 0.304 e. The van der Waals surface area contributed by atoms with Gasteiger partial charge in [0.2, 0.25) is 5.91 Å². The quantitative estimate of drug-likeness (QED) is 0.590. The summed E-state index contributed by atoms with van der Waals surface area (Å²) in [6.07, 6.45) is 3.62. The fraction of sp³-hybridized carbons (Fsp3) is 0.480. The van der Waals surface area contributed by atoms with Gasteiger partial charge in [-0.25, -0.2) is 0 Å². The van der Waals surface area contributed by atoms with E-state index in [-0.39, 0.29) is 30.3 Å². The number of aliphatic carboxylic acids is 1. The third kappa shape index (κ3) is 4.77. The third-order valence-electron chi connectivity index (χ3n) is 6.49. The van der Waals surface area contributed by atoms with Crippen molar-refractivity contribution in [3.05, 3.63) is 64.4 Å². The second-order valence-corrected chi connectivity index (χ2v) is 9.32. The first-order valence-corrected chi connectivity index (χ1v) is 11.3. The lowest BCUT2D eigenvalue weighted by Gasteiger charge is -2.51. The second kappa shape index (κ2) is 9.39. The smallest absolute Gasteiger partial charge is 0.304 e. The van der Waals surface area contributed by atoms with E-state index in [2.05, 4.69) is 13.8 Å². The van der Waals surface area contributed by atoms with Crippen LogP contribution in [0.15, 0.2) is 42.6 Å². The average Bonchev–Trinajstić information content (AvgIpc) is 2.72. The second-order valence-electron chi connectivity index (χ2n) is 8.88. The number of likely N-dealkylation sites (tertiary alicyclic amines) is 1. The van der Waals surface area contributed by atoms with E-state index in [1.807, 2.05) is 54.4 Å². The normalized spacial score (nSPS) is 23.9. The Kier molecular flexibility index (Phi) is 7.05. The number of aryl methyl sites for hydroxylation is 1. The molecule has 0 spiro atoms. The van der Waals surface area contributed by atoms with Crippen molar-refractivity contribution in [1.29, 1.82) is 0 Å². The molecule has 0 saturated carbocycles. The number of hydrogen-bond acceptors (Lipinski definition) is 3. The minimum atomic E-state index is -0.997. The maximum absolute atomic E-state index is 13.8. The number of hydrogen-bond donors (Lipinski definition) is 1. The number of amides is 1. The van der Waals surface area contributed by atoms with Crippen LogP contribution >= 0.6 is 11.6 Å². The minimum absolute atomic E-state index is 0.00397. The van der Waals surface area contributed by atoms with Crippen LogP contribution in [0.4, 0.5) is 0 Å². The molecule has 0 unspecified atom stereocenters. The number of benzene rings is 1. The predicted octanol–water partition coefficient (Wildman–Crippen LogP) is 5.77. The van der Waals surface area contributed by atoms with Gasteiger partial charge in [-0.05, 0) is 55.5 Å². The van der Waals surface area contributed by atoms with Gasteiger partial charge in [0.1, 0.15) is 0 Å². The van der Waals surface area contributed by atoms with E-state index >= 15 is 0 Å². The molecule has 1 aromatic heterocycles. The van der Waals surface area contributed by atoms with Crippen molar-refractivity contribution in [3.63, 3.8) is 0 Å². The summed E-state index contributed by atoms with van der Waals surface area (Å²) in [6, 6.07) is 11.4. The van der Waals surface area contributed by atoms with Crippen LogP contribution in [0.2, 0.25) is 5.02 Å². The van der Waals surface area contributed by atoms with E-state index in [1.165, 1.54) is 0 Å². The van der Waals surface area contributed by atoms with Crippen LogP contribution in [0, 0.1) is 12.3 Å². The number of rotatable bonds is 7. The zero-order chi connectivity index (χ0) is 22.8. The largest absolute Gasteiger partial charge is 0.481 e. The molecule has 6 heteroatoms. The number of piperidine rings is 1. The predicted molar refractivity (Wildman–Crippen MR) is 122 cm³/mol. The van der Waals surface area contributed by atoms with Crippen LogP contribution in [-0.4, -0.2) is 32.9 Å². The number of halogens is 1. The first kappa shape index (κ1) is 23.3. The van der Waals surface area contributed by atoms with Gasteiger partial charge in [-0.1, -0.05) is 50.6 Å². The number of pyridine rings is 1. The highest BCUT2D eigenvalue weighted by atomic mass is 35.5. The lowest BCUT2D eigenvalue weighted by Crippen LogP contribution is -2.56. The molecular weight excluding hydrogens is 412 g/mol. The Morgan fingerprint density at radius 3 is 2.55 bits per heavy atom. The summed E-state index contributed by atoms with van der Waals surface area (Å²) in [5.74, 6) is -1.18. The first-order chi connectivity index (χ1) is 14.7. The van der Waals surface area contributed by atoms with E-state index in [4.69, 9.17) is 16.6 Å². The summed E-state index contributed by atoms with van der Waals surface area (Å²) in [4.78, 5) is 32.2. The molecule has 1 fully saturated rings. The van der Waals surface area contributed by atoms with Crippen LogP contribution in [0.5, 0.6) is 0 Å². The van der Waals surface area contributed by atoms with Gasteiger partial charge in [-0.15, -0.1) is 0 Å². The molecule has 0 bridgehead atoms. The Morgan fingerprint density at radius 2 is 2.00 bits per heavy atom. The first-order valence-electron chi connectivity index (χ1n) is 10.9. The van der Waals surface area contributed by atoms with E-state index < -0.39 is 11.4 Å². The van der Waals surface area contributed by atoms with Crippen LogP contribution in [0.1, 0.15) is 75.2 Å². The molecule has 1 saturated heterocycles. The number of carbonyl (C=O) groups is 2. The summed E-state index contributed by atoms with van der Waals surface area (Å²) in [6.45, 7) is 7.91. The third-order valence-corrected chi connectivity index (χ3v) is 6.73. The van der Waals surface area contributed by atoms with Crippen LogP contribution in [0.3, 0.4) is 0 Å². The van der Waals surface area contributed by atoms with Gasteiger partial charge in [0.25, 0.3) is 0 Å².